The van der Waals surface area contributed by atoms with Crippen LogP contribution in [0.3, 0.4) is 0 Å². The Morgan fingerprint density at radius 3 is 2.15 bits per heavy atom. The number of carbonyl (C=O) groups excluding carboxylic acids is 2. The third-order valence-electron chi connectivity index (χ3n) is 10.6. The second-order valence-corrected chi connectivity index (χ2v) is 10.9. The lowest BCUT2D eigenvalue weighted by atomic mass is 9.45. The molecule has 0 heterocycles. The minimum atomic E-state index is -0.873. The molecule has 0 aromatic heterocycles. The van der Waals surface area contributed by atoms with Crippen molar-refractivity contribution in [1.29, 1.82) is 0 Å². The summed E-state index contributed by atoms with van der Waals surface area (Å²) in [6.45, 7) is 7.99. The van der Waals surface area contributed by atoms with Gasteiger partial charge in [-0.3, -0.25) is 9.59 Å². The maximum absolute atomic E-state index is 12.7. The number of esters is 1. The highest BCUT2D eigenvalue weighted by Gasteiger charge is 2.75. The normalized spacial score (nSPS) is 56.8. The monoisotopic (exact) mass is 358 g/mol. The van der Waals surface area contributed by atoms with Gasteiger partial charge in [-0.05, 0) is 99.2 Å². The van der Waals surface area contributed by atoms with Crippen LogP contribution in [-0.4, -0.2) is 17.4 Å². The van der Waals surface area contributed by atoms with E-state index in [9.17, 15) is 9.59 Å². The molecule has 26 heavy (non-hydrogen) atoms. The van der Waals surface area contributed by atoms with E-state index in [0.717, 1.165) is 37.0 Å². The van der Waals surface area contributed by atoms with Crippen LogP contribution in [0, 0.1) is 39.9 Å². The van der Waals surface area contributed by atoms with Gasteiger partial charge in [0.1, 0.15) is 0 Å². The van der Waals surface area contributed by atoms with Crippen LogP contribution >= 0.6 is 0 Å². The molecular weight excluding hydrogens is 324 g/mol. The Labute approximate surface area is 157 Å². The summed E-state index contributed by atoms with van der Waals surface area (Å²) in [7, 11) is 0. The lowest BCUT2D eigenvalue weighted by Gasteiger charge is -2.59. The topological polar surface area (TPSA) is 43.4 Å². The second-order valence-electron chi connectivity index (χ2n) is 10.9. The summed E-state index contributed by atoms with van der Waals surface area (Å²) in [5.41, 5.74) is 0.162. The van der Waals surface area contributed by atoms with Crippen LogP contribution in [0.15, 0.2) is 0 Å². The van der Waals surface area contributed by atoms with Gasteiger partial charge in [0.15, 0.2) is 11.4 Å². The zero-order valence-corrected chi connectivity index (χ0v) is 16.9. The highest BCUT2D eigenvalue weighted by Crippen LogP contribution is 2.82. The van der Waals surface area contributed by atoms with E-state index in [2.05, 4.69) is 13.8 Å². The molecule has 0 N–H and O–H groups in total. The van der Waals surface area contributed by atoms with Gasteiger partial charge in [0.05, 0.1) is 0 Å². The van der Waals surface area contributed by atoms with E-state index in [4.69, 9.17) is 4.74 Å². The fraction of sp³-hybridized carbons (Fsp3) is 0.913. The fourth-order valence-corrected chi connectivity index (χ4v) is 9.29. The Morgan fingerprint density at radius 1 is 0.846 bits per heavy atom. The molecule has 144 valence electrons. The van der Waals surface area contributed by atoms with Crippen molar-refractivity contribution in [1.82, 2.24) is 0 Å². The molecule has 1 spiro atoms. The van der Waals surface area contributed by atoms with Gasteiger partial charge in [-0.25, -0.2) is 0 Å². The van der Waals surface area contributed by atoms with Gasteiger partial charge < -0.3 is 4.74 Å². The van der Waals surface area contributed by atoms with Crippen molar-refractivity contribution in [2.45, 2.75) is 91.1 Å². The molecule has 0 saturated heterocycles. The quantitative estimate of drug-likeness (QED) is 0.658. The van der Waals surface area contributed by atoms with Gasteiger partial charge in [0.2, 0.25) is 0 Å². The molecule has 5 saturated carbocycles. The number of hydrogen-bond acceptors (Lipinski definition) is 3. The Morgan fingerprint density at radius 2 is 1.50 bits per heavy atom. The lowest BCUT2D eigenvalue weighted by molar-refractivity contribution is -0.190. The number of fused-ring (bicyclic) bond motifs is 4. The maximum Gasteiger partial charge on any atom is 0.303 e. The van der Waals surface area contributed by atoms with Gasteiger partial charge in [0, 0.05) is 12.3 Å². The van der Waals surface area contributed by atoms with E-state index in [1.54, 1.807) is 6.92 Å². The van der Waals surface area contributed by atoms with Crippen molar-refractivity contribution in [2.75, 3.05) is 0 Å². The summed E-state index contributed by atoms with van der Waals surface area (Å²) in [5, 5.41) is 0. The van der Waals surface area contributed by atoms with E-state index in [0.29, 0.717) is 16.7 Å². The Kier molecular flexibility index (Phi) is 3.28. The van der Waals surface area contributed by atoms with Gasteiger partial charge in [-0.2, -0.15) is 0 Å². The molecule has 5 fully saturated rings. The highest BCUT2D eigenvalue weighted by molar-refractivity contribution is 5.89. The molecule has 0 amide bonds. The Hall–Kier alpha value is -0.860. The minimum Gasteiger partial charge on any atom is -0.451 e. The molecule has 0 aromatic rings. The van der Waals surface area contributed by atoms with Gasteiger partial charge in [-0.15, -0.1) is 0 Å². The first-order chi connectivity index (χ1) is 12.2. The highest BCUT2D eigenvalue weighted by atomic mass is 16.6. The van der Waals surface area contributed by atoms with Crippen LogP contribution in [-0.2, 0) is 14.3 Å². The molecule has 0 aliphatic heterocycles. The van der Waals surface area contributed by atoms with Crippen molar-refractivity contribution >= 4 is 11.8 Å². The zero-order chi connectivity index (χ0) is 18.5. The summed E-state index contributed by atoms with van der Waals surface area (Å²) in [5.74, 6) is 2.87. The molecule has 5 aliphatic rings. The molecule has 5 aliphatic carbocycles. The Balaban J connectivity index is 1.51. The Bertz CT molecular complexity index is 685. The van der Waals surface area contributed by atoms with Gasteiger partial charge >= 0.3 is 5.97 Å². The van der Waals surface area contributed by atoms with E-state index < -0.39 is 5.60 Å². The van der Waals surface area contributed by atoms with Gasteiger partial charge in [-0.1, -0.05) is 13.8 Å². The van der Waals surface area contributed by atoms with Crippen LogP contribution in [0.1, 0.15) is 85.5 Å². The molecule has 3 heteroatoms. The average molecular weight is 359 g/mol. The third kappa shape index (κ3) is 1.72. The average Bonchev–Trinajstić information content (AvgIpc) is 3.10. The number of carbonyl (C=O) groups is 2. The molecule has 0 bridgehead atoms. The van der Waals surface area contributed by atoms with E-state index >= 15 is 0 Å². The number of ketones is 1. The summed E-state index contributed by atoms with van der Waals surface area (Å²) < 4.78 is 5.86. The first kappa shape index (κ1) is 17.3. The first-order valence-corrected chi connectivity index (χ1v) is 10.9. The van der Waals surface area contributed by atoms with Crippen molar-refractivity contribution < 1.29 is 14.3 Å². The van der Waals surface area contributed by atoms with Gasteiger partial charge in [0.25, 0.3) is 0 Å². The molecule has 5 rings (SSSR count). The van der Waals surface area contributed by atoms with E-state index in [1.807, 2.05) is 0 Å². The summed E-state index contributed by atoms with van der Waals surface area (Å²) in [6, 6.07) is 0. The smallest absolute Gasteiger partial charge is 0.303 e. The SMILES string of the molecule is CC(=O)O[C@]1(C(C)=O)CC[C@H]2[C@@H]3CC[C@]45C[C@H]4CC[C@]5(C)[C@H]3CC[C@@]21C. The maximum atomic E-state index is 12.7. The summed E-state index contributed by atoms with van der Waals surface area (Å²) in [4.78, 5) is 24.6. The van der Waals surface area contributed by atoms with Crippen LogP contribution in [0.2, 0.25) is 0 Å². The zero-order valence-electron chi connectivity index (χ0n) is 16.9. The molecule has 0 radical (unpaired) electrons. The van der Waals surface area contributed by atoms with Crippen molar-refractivity contribution in [3.8, 4) is 0 Å². The number of rotatable bonds is 2. The van der Waals surface area contributed by atoms with Crippen LogP contribution in [0.25, 0.3) is 0 Å². The fourth-order valence-electron chi connectivity index (χ4n) is 9.29. The number of hydrogen-bond donors (Lipinski definition) is 0. The second kappa shape index (κ2) is 4.94. The predicted molar refractivity (Wildman–Crippen MR) is 99.3 cm³/mol. The lowest BCUT2D eigenvalue weighted by Crippen LogP contribution is -2.59. The predicted octanol–water partition coefficient (Wildman–Crippen LogP) is 4.92. The van der Waals surface area contributed by atoms with Crippen LogP contribution in [0.4, 0.5) is 0 Å². The van der Waals surface area contributed by atoms with Crippen molar-refractivity contribution in [3.63, 3.8) is 0 Å². The first-order valence-electron chi connectivity index (χ1n) is 10.9. The third-order valence-corrected chi connectivity index (χ3v) is 10.6. The molecule has 0 aromatic carbocycles. The molecule has 3 nitrogen and oxygen atoms in total. The molecular formula is C23H34O3. The summed E-state index contributed by atoms with van der Waals surface area (Å²) >= 11 is 0. The molecule has 8 atom stereocenters. The number of Topliss-reactive ketones (excluding diaryl/α,β-unsaturated/α-hetero) is 1. The minimum absolute atomic E-state index is 0.0674. The summed E-state index contributed by atoms with van der Waals surface area (Å²) in [6.07, 6.45) is 11.2. The van der Waals surface area contributed by atoms with Crippen molar-refractivity contribution in [2.24, 2.45) is 39.9 Å². The van der Waals surface area contributed by atoms with E-state index in [1.165, 1.54) is 45.4 Å². The van der Waals surface area contributed by atoms with Crippen molar-refractivity contribution in [3.05, 3.63) is 0 Å². The van der Waals surface area contributed by atoms with Crippen LogP contribution < -0.4 is 0 Å². The van der Waals surface area contributed by atoms with E-state index in [-0.39, 0.29) is 17.2 Å². The largest absolute Gasteiger partial charge is 0.451 e. The number of ether oxygens (including phenoxy) is 1. The molecule has 0 unspecified atom stereocenters. The van der Waals surface area contributed by atoms with Crippen LogP contribution in [0.5, 0.6) is 0 Å². The standard InChI is InChI=1S/C23H34O3/c1-14(24)23(26-15(2)25)12-8-19-17-6-11-22-13-16(22)5-9-20(22,3)18(17)7-10-21(19,23)4/h16-19H,5-13H2,1-4H3/t16-,17-,18+,19+,20-,21+,22+,23+/m1/s1.